The van der Waals surface area contributed by atoms with Crippen LogP contribution in [0.25, 0.3) is 10.8 Å². The number of hydrogen-bond donors (Lipinski definition) is 0. The normalized spacial score (nSPS) is 12.1. The molecule has 0 bridgehead atoms. The van der Waals surface area contributed by atoms with Crippen LogP contribution in [0.3, 0.4) is 0 Å². The number of hydrogen-bond acceptors (Lipinski definition) is 5. The smallest absolute Gasteiger partial charge is 0.340 e. The van der Waals surface area contributed by atoms with Gasteiger partial charge in [-0.15, -0.1) is 0 Å². The fourth-order valence-electron chi connectivity index (χ4n) is 3.19. The minimum absolute atomic E-state index is 0.125. The number of nitrogens with zero attached hydrogens (tertiary/aromatic N) is 1. The maximum atomic E-state index is 12.6. The minimum atomic E-state index is -0.616. The first kappa shape index (κ1) is 24.7. The van der Waals surface area contributed by atoms with Gasteiger partial charge in [-0.2, -0.15) is 0 Å². The standard InChI is InChI=1S/C27H31NO4/c1-27(2,3)17-10-9-16-23(25(29)31-5)24(26(30)32-6)19-28(4)18-21-14-11-13-20-12-7-8-15-22(20)21/h7-8,11-16,19H,9,18H2,1-6H3/b23-16+,24-19+. The number of carbonyl (C=O) groups excluding carboxylic acids is 2. The Hall–Kier alpha value is -3.52. The summed E-state index contributed by atoms with van der Waals surface area (Å²) in [5.41, 5.74) is 1.21. The molecule has 0 spiro atoms. The lowest BCUT2D eigenvalue weighted by Crippen LogP contribution is -2.19. The fraction of sp³-hybridized carbons (Fsp3) is 0.333. The van der Waals surface area contributed by atoms with Crippen LogP contribution in [0, 0.1) is 17.3 Å². The maximum absolute atomic E-state index is 12.6. The zero-order valence-corrected chi connectivity index (χ0v) is 19.7. The van der Waals surface area contributed by atoms with Gasteiger partial charge in [-0.3, -0.25) is 0 Å². The third-order valence-corrected chi connectivity index (χ3v) is 4.62. The van der Waals surface area contributed by atoms with Crippen molar-refractivity contribution < 1.29 is 19.1 Å². The van der Waals surface area contributed by atoms with Crippen LogP contribution in [0.1, 0.15) is 32.8 Å². The van der Waals surface area contributed by atoms with E-state index >= 15 is 0 Å². The number of ether oxygens (including phenoxy) is 2. The molecule has 0 aliphatic heterocycles. The van der Waals surface area contributed by atoms with Crippen molar-refractivity contribution >= 4 is 22.7 Å². The second kappa shape index (κ2) is 11.2. The van der Waals surface area contributed by atoms with Crippen molar-refractivity contribution in [2.75, 3.05) is 21.3 Å². The number of carbonyl (C=O) groups is 2. The SMILES string of the molecule is COC(=O)C(=C/CC#CC(C)(C)C)/C(=C\N(C)Cc1cccc2ccccc12)C(=O)OC. The average Bonchev–Trinajstić information content (AvgIpc) is 2.76. The van der Waals surface area contributed by atoms with Crippen molar-refractivity contribution in [2.24, 2.45) is 5.41 Å². The van der Waals surface area contributed by atoms with E-state index in [1.807, 2.05) is 57.0 Å². The first-order chi connectivity index (χ1) is 15.2. The molecule has 168 valence electrons. The molecule has 2 rings (SSSR count). The predicted molar refractivity (Wildman–Crippen MR) is 127 cm³/mol. The van der Waals surface area contributed by atoms with E-state index in [2.05, 4.69) is 30.0 Å². The van der Waals surface area contributed by atoms with Gasteiger partial charge in [0.2, 0.25) is 0 Å². The molecular formula is C27H31NO4. The van der Waals surface area contributed by atoms with Crippen molar-refractivity contribution in [3.63, 3.8) is 0 Å². The summed E-state index contributed by atoms with van der Waals surface area (Å²) in [4.78, 5) is 26.9. The highest BCUT2D eigenvalue weighted by atomic mass is 16.5. The summed E-state index contributed by atoms with van der Waals surface area (Å²) in [5.74, 6) is 4.92. The molecule has 0 heterocycles. The van der Waals surface area contributed by atoms with Gasteiger partial charge in [0.15, 0.2) is 0 Å². The van der Waals surface area contributed by atoms with Crippen LogP contribution in [0.2, 0.25) is 0 Å². The molecule has 0 aliphatic carbocycles. The molecule has 0 fully saturated rings. The molecule has 0 aromatic heterocycles. The monoisotopic (exact) mass is 433 g/mol. The molecule has 5 heteroatoms. The topological polar surface area (TPSA) is 55.8 Å². The maximum Gasteiger partial charge on any atom is 0.340 e. The molecule has 0 atom stereocenters. The van der Waals surface area contributed by atoms with Gasteiger partial charge in [0.25, 0.3) is 0 Å². The van der Waals surface area contributed by atoms with E-state index < -0.39 is 11.9 Å². The average molecular weight is 434 g/mol. The molecule has 0 saturated carbocycles. The minimum Gasteiger partial charge on any atom is -0.465 e. The van der Waals surface area contributed by atoms with Crippen LogP contribution in [0.4, 0.5) is 0 Å². The molecule has 2 aromatic rings. The highest BCUT2D eigenvalue weighted by Crippen LogP contribution is 2.21. The predicted octanol–water partition coefficient (Wildman–Crippen LogP) is 4.87. The molecule has 0 saturated heterocycles. The number of rotatable bonds is 7. The molecule has 0 radical (unpaired) electrons. The van der Waals surface area contributed by atoms with Crippen molar-refractivity contribution in [3.05, 3.63) is 71.5 Å². The fourth-order valence-corrected chi connectivity index (χ4v) is 3.19. The van der Waals surface area contributed by atoms with E-state index in [0.29, 0.717) is 13.0 Å². The summed E-state index contributed by atoms with van der Waals surface area (Å²) in [7, 11) is 4.42. The van der Waals surface area contributed by atoms with Crippen molar-refractivity contribution in [1.29, 1.82) is 0 Å². The quantitative estimate of drug-likeness (QED) is 0.270. The van der Waals surface area contributed by atoms with Gasteiger partial charge in [0.05, 0.1) is 25.4 Å². The lowest BCUT2D eigenvalue weighted by molar-refractivity contribution is -0.139. The third kappa shape index (κ3) is 7.02. The summed E-state index contributed by atoms with van der Waals surface area (Å²) >= 11 is 0. The summed E-state index contributed by atoms with van der Waals surface area (Å²) in [6.07, 6.45) is 3.54. The Morgan fingerprint density at radius 1 is 0.969 bits per heavy atom. The molecular weight excluding hydrogens is 402 g/mol. The molecule has 0 aliphatic rings. The van der Waals surface area contributed by atoms with Gasteiger partial charge >= 0.3 is 11.9 Å². The summed E-state index contributed by atoms with van der Waals surface area (Å²) in [6.45, 7) is 6.56. The highest BCUT2D eigenvalue weighted by molar-refractivity contribution is 6.06. The molecule has 0 amide bonds. The van der Waals surface area contributed by atoms with Crippen LogP contribution in [0.15, 0.2) is 65.9 Å². The Kier molecular flexibility index (Phi) is 8.66. The Morgan fingerprint density at radius 3 is 2.25 bits per heavy atom. The second-order valence-corrected chi connectivity index (χ2v) is 8.45. The van der Waals surface area contributed by atoms with E-state index in [-0.39, 0.29) is 16.6 Å². The Morgan fingerprint density at radius 2 is 1.59 bits per heavy atom. The van der Waals surface area contributed by atoms with Gasteiger partial charge in [-0.1, -0.05) is 60.4 Å². The van der Waals surface area contributed by atoms with Gasteiger partial charge in [0.1, 0.15) is 0 Å². The second-order valence-electron chi connectivity index (χ2n) is 8.45. The van der Waals surface area contributed by atoms with E-state index in [9.17, 15) is 9.59 Å². The van der Waals surface area contributed by atoms with Gasteiger partial charge in [-0.05, 0) is 37.1 Å². The van der Waals surface area contributed by atoms with E-state index in [0.717, 1.165) is 16.3 Å². The third-order valence-electron chi connectivity index (χ3n) is 4.62. The van der Waals surface area contributed by atoms with Crippen LogP contribution in [-0.4, -0.2) is 38.1 Å². The molecule has 0 N–H and O–H groups in total. The van der Waals surface area contributed by atoms with E-state index in [1.165, 1.54) is 14.2 Å². The Balaban J connectivity index is 2.40. The molecule has 32 heavy (non-hydrogen) atoms. The van der Waals surface area contributed by atoms with Crippen LogP contribution in [0.5, 0.6) is 0 Å². The molecule has 2 aromatic carbocycles. The van der Waals surface area contributed by atoms with Crippen molar-refractivity contribution in [1.82, 2.24) is 4.90 Å². The largest absolute Gasteiger partial charge is 0.465 e. The number of fused-ring (bicyclic) bond motifs is 1. The van der Waals surface area contributed by atoms with Crippen LogP contribution in [-0.2, 0) is 25.6 Å². The number of allylic oxidation sites excluding steroid dienone is 1. The van der Waals surface area contributed by atoms with Crippen molar-refractivity contribution in [3.8, 4) is 11.8 Å². The summed E-state index contributed by atoms with van der Waals surface area (Å²) in [5, 5.41) is 2.28. The number of benzene rings is 2. The van der Waals surface area contributed by atoms with E-state index in [1.54, 1.807) is 12.3 Å². The number of methoxy groups -OCH3 is 2. The van der Waals surface area contributed by atoms with E-state index in [4.69, 9.17) is 9.47 Å². The first-order valence-electron chi connectivity index (χ1n) is 10.4. The van der Waals surface area contributed by atoms with Gasteiger partial charge in [-0.25, -0.2) is 9.59 Å². The lowest BCUT2D eigenvalue weighted by Gasteiger charge is -2.18. The Labute approximate surface area is 190 Å². The lowest BCUT2D eigenvalue weighted by atomic mass is 9.97. The van der Waals surface area contributed by atoms with Crippen molar-refractivity contribution in [2.45, 2.75) is 33.7 Å². The Bertz CT molecular complexity index is 1090. The van der Waals surface area contributed by atoms with Gasteiger partial charge in [0, 0.05) is 31.6 Å². The number of esters is 2. The molecule has 0 unspecified atom stereocenters. The van der Waals surface area contributed by atoms with Gasteiger partial charge < -0.3 is 14.4 Å². The summed E-state index contributed by atoms with van der Waals surface area (Å²) < 4.78 is 9.87. The van der Waals surface area contributed by atoms with Crippen LogP contribution < -0.4 is 0 Å². The summed E-state index contributed by atoms with van der Waals surface area (Å²) in [6, 6.07) is 14.2. The first-order valence-corrected chi connectivity index (χ1v) is 10.4. The highest BCUT2D eigenvalue weighted by Gasteiger charge is 2.23. The zero-order valence-electron chi connectivity index (χ0n) is 19.7. The zero-order chi connectivity index (χ0) is 23.7. The molecule has 5 nitrogen and oxygen atoms in total. The van der Waals surface area contributed by atoms with Crippen LogP contribution >= 0.6 is 0 Å².